The van der Waals surface area contributed by atoms with Crippen molar-refractivity contribution in [1.29, 1.82) is 0 Å². The Morgan fingerprint density at radius 1 is 1.04 bits per heavy atom. The van der Waals surface area contributed by atoms with Crippen LogP contribution in [0.2, 0.25) is 0 Å². The molecular weight excluding hydrogens is 308 g/mol. The maximum absolute atomic E-state index is 5.59. The van der Waals surface area contributed by atoms with Crippen LogP contribution in [-0.4, -0.2) is 23.0 Å². The zero-order valence-electron chi connectivity index (χ0n) is 16.8. The molecule has 25 heavy (non-hydrogen) atoms. The molecule has 0 aliphatic heterocycles. The molecule has 2 rings (SSSR count). The first-order valence-corrected chi connectivity index (χ1v) is 9.09. The molecule has 0 atom stereocenters. The number of benzene rings is 1. The minimum atomic E-state index is -0.00398. The van der Waals surface area contributed by atoms with Crippen LogP contribution >= 0.6 is 0 Å². The molecule has 0 N–H and O–H groups in total. The molecule has 0 aliphatic rings. The second kappa shape index (κ2) is 7.57. The molecule has 0 bridgehead atoms. The normalized spacial score (nSPS) is 13.3. The molecule has 1 aromatic heterocycles. The van der Waals surface area contributed by atoms with Crippen molar-refractivity contribution in [2.24, 2.45) is 0 Å². The monoisotopic (exact) mass is 340 g/mol. The molecular formula is C22H32N2O. The largest absolute Gasteiger partial charge is 0.378 e. The van der Waals surface area contributed by atoms with E-state index in [0.29, 0.717) is 13.2 Å². The minimum Gasteiger partial charge on any atom is -0.378 e. The van der Waals surface area contributed by atoms with Gasteiger partial charge in [0.05, 0.1) is 18.0 Å². The van der Waals surface area contributed by atoms with Gasteiger partial charge in [0.15, 0.2) is 0 Å². The molecule has 0 saturated heterocycles. The van der Waals surface area contributed by atoms with E-state index in [1.165, 1.54) is 5.69 Å². The highest BCUT2D eigenvalue weighted by Crippen LogP contribution is 2.32. The Labute approximate surface area is 152 Å². The van der Waals surface area contributed by atoms with Crippen LogP contribution in [0.25, 0.3) is 5.70 Å². The molecule has 0 amide bonds. The number of hydrogen-bond donors (Lipinski definition) is 0. The van der Waals surface area contributed by atoms with E-state index in [1.807, 2.05) is 13.0 Å². The lowest BCUT2D eigenvalue weighted by molar-refractivity contribution is 0.177. The zero-order valence-corrected chi connectivity index (χ0v) is 16.8. The lowest BCUT2D eigenvalue weighted by Crippen LogP contribution is -2.19. The molecule has 3 heteroatoms. The van der Waals surface area contributed by atoms with Crippen molar-refractivity contribution in [1.82, 2.24) is 9.78 Å². The number of aromatic nitrogens is 2. The first-order chi connectivity index (χ1) is 11.6. The van der Waals surface area contributed by atoms with E-state index >= 15 is 0 Å². The van der Waals surface area contributed by atoms with Crippen LogP contribution in [0.1, 0.15) is 65.4 Å². The van der Waals surface area contributed by atoms with Gasteiger partial charge in [0.2, 0.25) is 0 Å². The lowest BCUT2D eigenvalue weighted by atomic mass is 9.88. The highest BCUT2D eigenvalue weighted by atomic mass is 16.5. The Morgan fingerprint density at radius 2 is 1.68 bits per heavy atom. The number of ether oxygens (including phenoxy) is 1. The Hall–Kier alpha value is -1.87. The quantitative estimate of drug-likeness (QED) is 0.681. The Morgan fingerprint density at radius 3 is 2.20 bits per heavy atom. The summed E-state index contributed by atoms with van der Waals surface area (Å²) in [7, 11) is 0. The molecule has 0 aliphatic carbocycles. The van der Waals surface area contributed by atoms with E-state index in [-0.39, 0.29) is 10.8 Å². The molecule has 1 aromatic carbocycles. The summed E-state index contributed by atoms with van der Waals surface area (Å²) in [6.45, 7) is 16.6. The summed E-state index contributed by atoms with van der Waals surface area (Å²) in [4.78, 5) is 0. The summed E-state index contributed by atoms with van der Waals surface area (Å²) in [5.74, 6) is 0. The first kappa shape index (κ1) is 19.5. The number of rotatable bonds is 5. The van der Waals surface area contributed by atoms with Crippen molar-refractivity contribution in [3.63, 3.8) is 0 Å². The van der Waals surface area contributed by atoms with Crippen molar-refractivity contribution in [3.05, 3.63) is 59.4 Å². The van der Waals surface area contributed by atoms with Gasteiger partial charge in [-0.05, 0) is 24.6 Å². The molecule has 136 valence electrons. The fraction of sp³-hybridized carbons (Fsp3) is 0.500. The van der Waals surface area contributed by atoms with Gasteiger partial charge in [0.25, 0.3) is 0 Å². The Bertz CT molecular complexity index is 713. The molecule has 2 aromatic rings. The molecule has 3 nitrogen and oxygen atoms in total. The van der Waals surface area contributed by atoms with E-state index in [2.05, 4.69) is 82.6 Å². The fourth-order valence-corrected chi connectivity index (χ4v) is 2.66. The maximum atomic E-state index is 5.59. The summed E-state index contributed by atoms with van der Waals surface area (Å²) in [6.07, 6.45) is 2.13. The molecule has 0 fully saturated rings. The van der Waals surface area contributed by atoms with Crippen LogP contribution in [0.4, 0.5) is 0 Å². The van der Waals surface area contributed by atoms with Crippen LogP contribution in [0.3, 0.4) is 0 Å². The van der Waals surface area contributed by atoms with Crippen molar-refractivity contribution in [2.45, 2.75) is 59.3 Å². The summed E-state index contributed by atoms with van der Waals surface area (Å²) < 4.78 is 7.70. The van der Waals surface area contributed by atoms with Gasteiger partial charge in [-0.25, -0.2) is 4.68 Å². The van der Waals surface area contributed by atoms with Crippen molar-refractivity contribution in [3.8, 4) is 0 Å². The predicted octanol–water partition coefficient (Wildman–Crippen LogP) is 5.40. The third-order valence-corrected chi connectivity index (χ3v) is 4.14. The molecule has 0 spiro atoms. The second-order valence-corrected chi connectivity index (χ2v) is 8.44. The smallest absolute Gasteiger partial charge is 0.0704 e. The summed E-state index contributed by atoms with van der Waals surface area (Å²) in [5, 5.41) is 5.00. The minimum absolute atomic E-state index is 0.00398. The predicted molar refractivity (Wildman–Crippen MR) is 106 cm³/mol. The van der Waals surface area contributed by atoms with E-state index in [0.717, 1.165) is 17.0 Å². The third-order valence-electron chi connectivity index (χ3n) is 4.14. The Balaban J connectivity index is 2.64. The highest BCUT2D eigenvalue weighted by Gasteiger charge is 2.27. The van der Waals surface area contributed by atoms with Crippen molar-refractivity contribution >= 4 is 5.70 Å². The van der Waals surface area contributed by atoms with E-state index in [9.17, 15) is 0 Å². The Kier molecular flexibility index (Phi) is 5.89. The van der Waals surface area contributed by atoms with E-state index < -0.39 is 0 Å². The van der Waals surface area contributed by atoms with Crippen LogP contribution in [-0.2, 0) is 15.6 Å². The standard InChI is InChI=1S/C22H32N2O/c1-8-25-15-14-18(17-12-10-9-11-13-17)24-20(22(5,6)7)16-19(23-24)21(2,3)4/h9-14,16H,8,15H2,1-7H3/b18-14+. The van der Waals surface area contributed by atoms with Gasteiger partial charge in [0.1, 0.15) is 0 Å². The van der Waals surface area contributed by atoms with Gasteiger partial charge < -0.3 is 4.74 Å². The summed E-state index contributed by atoms with van der Waals surface area (Å²) in [6, 6.07) is 12.7. The van der Waals surface area contributed by atoms with Gasteiger partial charge in [-0.1, -0.05) is 71.9 Å². The molecule has 0 saturated carbocycles. The second-order valence-electron chi connectivity index (χ2n) is 8.44. The molecule has 1 heterocycles. The van der Waals surface area contributed by atoms with Gasteiger partial charge in [0, 0.05) is 23.1 Å². The van der Waals surface area contributed by atoms with Crippen LogP contribution < -0.4 is 0 Å². The average molecular weight is 341 g/mol. The van der Waals surface area contributed by atoms with Crippen LogP contribution in [0.15, 0.2) is 42.5 Å². The van der Waals surface area contributed by atoms with Crippen LogP contribution in [0, 0.1) is 0 Å². The SMILES string of the molecule is CCOC/C=C(\c1ccccc1)n1nc(C(C)(C)C)cc1C(C)(C)C. The van der Waals surface area contributed by atoms with Gasteiger partial charge >= 0.3 is 0 Å². The van der Waals surface area contributed by atoms with Gasteiger partial charge in [-0.2, -0.15) is 5.10 Å². The fourth-order valence-electron chi connectivity index (χ4n) is 2.66. The average Bonchev–Trinajstić information content (AvgIpc) is 2.98. The number of nitrogens with zero attached hydrogens (tertiary/aromatic N) is 2. The van der Waals surface area contributed by atoms with E-state index in [1.54, 1.807) is 0 Å². The van der Waals surface area contributed by atoms with Crippen molar-refractivity contribution in [2.75, 3.05) is 13.2 Å². The van der Waals surface area contributed by atoms with Crippen LogP contribution in [0.5, 0.6) is 0 Å². The topological polar surface area (TPSA) is 27.1 Å². The summed E-state index contributed by atoms with van der Waals surface area (Å²) >= 11 is 0. The molecule has 0 radical (unpaired) electrons. The van der Waals surface area contributed by atoms with Crippen molar-refractivity contribution < 1.29 is 4.74 Å². The molecule has 0 unspecified atom stereocenters. The van der Waals surface area contributed by atoms with Gasteiger partial charge in [-0.3, -0.25) is 0 Å². The lowest BCUT2D eigenvalue weighted by Gasteiger charge is -2.22. The number of hydrogen-bond acceptors (Lipinski definition) is 2. The van der Waals surface area contributed by atoms with Gasteiger partial charge in [-0.15, -0.1) is 0 Å². The first-order valence-electron chi connectivity index (χ1n) is 9.09. The van der Waals surface area contributed by atoms with E-state index in [4.69, 9.17) is 9.84 Å². The highest BCUT2D eigenvalue weighted by molar-refractivity contribution is 5.66. The zero-order chi connectivity index (χ0) is 18.7. The third kappa shape index (κ3) is 4.82. The maximum Gasteiger partial charge on any atom is 0.0704 e. The summed E-state index contributed by atoms with van der Waals surface area (Å²) in [5.41, 5.74) is 4.55.